The number of carbonyl (C=O) groups is 1. The van der Waals surface area contributed by atoms with E-state index in [1.165, 1.54) is 12.1 Å². The molecule has 27 heavy (non-hydrogen) atoms. The Morgan fingerprint density at radius 3 is 2.67 bits per heavy atom. The van der Waals surface area contributed by atoms with Gasteiger partial charge >= 0.3 is 0 Å². The van der Waals surface area contributed by atoms with Crippen LogP contribution in [-0.4, -0.2) is 37.7 Å². The van der Waals surface area contributed by atoms with E-state index in [2.05, 4.69) is 0 Å². The minimum Gasteiger partial charge on any atom is -0.497 e. The predicted octanol–water partition coefficient (Wildman–Crippen LogP) is 3.97. The summed E-state index contributed by atoms with van der Waals surface area (Å²) in [5, 5.41) is 0. The first kappa shape index (κ1) is 19.0. The average molecular weight is 373 g/mol. The van der Waals surface area contributed by atoms with E-state index in [1.54, 1.807) is 38.2 Å². The van der Waals surface area contributed by atoms with Gasteiger partial charge in [0.15, 0.2) is 6.10 Å². The summed E-state index contributed by atoms with van der Waals surface area (Å²) in [5.74, 6) is 1.25. The Morgan fingerprint density at radius 2 is 1.96 bits per heavy atom. The molecule has 1 fully saturated rings. The van der Waals surface area contributed by atoms with E-state index in [0.29, 0.717) is 18.0 Å². The molecule has 0 aliphatic carbocycles. The molecule has 0 radical (unpaired) electrons. The summed E-state index contributed by atoms with van der Waals surface area (Å²) in [4.78, 5) is 14.8. The van der Waals surface area contributed by atoms with E-state index >= 15 is 0 Å². The average Bonchev–Trinajstić information content (AvgIpc) is 3.16. The van der Waals surface area contributed by atoms with Crippen LogP contribution in [-0.2, 0) is 4.79 Å². The van der Waals surface area contributed by atoms with Crippen molar-refractivity contribution < 1.29 is 23.4 Å². The van der Waals surface area contributed by atoms with Crippen LogP contribution in [0.1, 0.15) is 31.4 Å². The molecule has 0 N–H and O–H groups in total. The van der Waals surface area contributed by atoms with E-state index in [0.717, 1.165) is 24.2 Å². The molecular weight excluding hydrogens is 349 g/mol. The third-order valence-corrected chi connectivity index (χ3v) is 4.79. The minimum atomic E-state index is -0.719. The second kappa shape index (κ2) is 8.29. The topological polar surface area (TPSA) is 48.0 Å². The van der Waals surface area contributed by atoms with E-state index in [1.807, 2.05) is 18.2 Å². The number of carbonyl (C=O) groups excluding carboxylic acids is 1. The van der Waals surface area contributed by atoms with Crippen molar-refractivity contribution in [3.63, 3.8) is 0 Å². The number of methoxy groups -OCH3 is 2. The Hall–Kier alpha value is -2.76. The lowest BCUT2D eigenvalue weighted by Gasteiger charge is -2.29. The van der Waals surface area contributed by atoms with Crippen molar-refractivity contribution in [3.05, 3.63) is 53.8 Å². The van der Waals surface area contributed by atoms with Crippen LogP contribution in [0.2, 0.25) is 0 Å². The van der Waals surface area contributed by atoms with Crippen LogP contribution in [0.15, 0.2) is 42.5 Å². The first-order valence-corrected chi connectivity index (χ1v) is 8.98. The van der Waals surface area contributed by atoms with Gasteiger partial charge < -0.3 is 19.1 Å². The fourth-order valence-electron chi connectivity index (χ4n) is 3.48. The lowest BCUT2D eigenvalue weighted by Crippen LogP contribution is -2.40. The zero-order valence-electron chi connectivity index (χ0n) is 15.8. The largest absolute Gasteiger partial charge is 0.497 e. The summed E-state index contributed by atoms with van der Waals surface area (Å²) >= 11 is 0. The van der Waals surface area contributed by atoms with Gasteiger partial charge in [-0.25, -0.2) is 4.39 Å². The zero-order valence-corrected chi connectivity index (χ0v) is 15.8. The van der Waals surface area contributed by atoms with Crippen LogP contribution < -0.4 is 14.2 Å². The molecular formula is C21H24FNO4. The second-order valence-corrected chi connectivity index (χ2v) is 6.51. The Balaban J connectivity index is 1.80. The summed E-state index contributed by atoms with van der Waals surface area (Å²) in [5.41, 5.74) is 0.917. The van der Waals surface area contributed by atoms with Crippen LogP contribution in [0.5, 0.6) is 17.2 Å². The van der Waals surface area contributed by atoms with Gasteiger partial charge in [-0.05, 0) is 50.1 Å². The Morgan fingerprint density at radius 1 is 1.15 bits per heavy atom. The monoisotopic (exact) mass is 373 g/mol. The van der Waals surface area contributed by atoms with Crippen molar-refractivity contribution in [1.29, 1.82) is 0 Å². The van der Waals surface area contributed by atoms with Crippen molar-refractivity contribution >= 4 is 5.91 Å². The fourth-order valence-corrected chi connectivity index (χ4v) is 3.48. The molecule has 0 aromatic heterocycles. The molecule has 1 aliphatic heterocycles. The normalized spacial score (nSPS) is 17.5. The Kier molecular flexibility index (Phi) is 5.84. The molecule has 0 bridgehead atoms. The van der Waals surface area contributed by atoms with Gasteiger partial charge in [-0.3, -0.25) is 4.79 Å². The van der Waals surface area contributed by atoms with Crippen molar-refractivity contribution in [2.75, 3.05) is 20.8 Å². The maximum Gasteiger partial charge on any atom is 0.263 e. The summed E-state index contributed by atoms with van der Waals surface area (Å²) in [6, 6.07) is 11.3. The first-order valence-electron chi connectivity index (χ1n) is 8.98. The number of likely N-dealkylation sites (tertiary alicyclic amines) is 1. The van der Waals surface area contributed by atoms with Gasteiger partial charge in [0.05, 0.1) is 20.3 Å². The summed E-state index contributed by atoms with van der Waals surface area (Å²) in [7, 11) is 3.22. The van der Waals surface area contributed by atoms with E-state index < -0.39 is 11.9 Å². The van der Waals surface area contributed by atoms with Crippen LogP contribution in [0.3, 0.4) is 0 Å². The van der Waals surface area contributed by atoms with Crippen molar-refractivity contribution in [3.8, 4) is 17.2 Å². The number of rotatable bonds is 6. The van der Waals surface area contributed by atoms with Crippen LogP contribution in [0.4, 0.5) is 4.39 Å². The lowest BCUT2D eigenvalue weighted by molar-refractivity contribution is -0.139. The first-order chi connectivity index (χ1) is 13.0. The third-order valence-electron chi connectivity index (χ3n) is 4.79. The number of benzene rings is 2. The van der Waals surface area contributed by atoms with E-state index in [-0.39, 0.29) is 11.9 Å². The molecule has 3 rings (SSSR count). The van der Waals surface area contributed by atoms with Crippen LogP contribution >= 0.6 is 0 Å². The molecule has 2 aromatic carbocycles. The minimum absolute atomic E-state index is 0.110. The van der Waals surface area contributed by atoms with Gasteiger partial charge in [-0.2, -0.15) is 0 Å². The molecule has 2 atom stereocenters. The van der Waals surface area contributed by atoms with Crippen molar-refractivity contribution in [1.82, 2.24) is 4.90 Å². The number of halogens is 1. The van der Waals surface area contributed by atoms with E-state index in [4.69, 9.17) is 14.2 Å². The Bertz CT molecular complexity index is 811. The highest BCUT2D eigenvalue weighted by molar-refractivity contribution is 5.81. The SMILES string of the molecule is COc1ccc(OC)c([C@@H]2CCCN2C(=O)[C@@H](C)Oc2cccc(F)c2)c1. The highest BCUT2D eigenvalue weighted by atomic mass is 19.1. The summed E-state index contributed by atoms with van der Waals surface area (Å²) in [6.45, 7) is 2.33. The standard InChI is InChI=1S/C21H24FNO4/c1-14(27-17-7-4-6-15(22)12-17)21(24)23-11-5-8-19(23)18-13-16(25-2)9-10-20(18)26-3/h4,6-7,9-10,12-14,19H,5,8,11H2,1-3H3/t14-,19+/m1/s1. The zero-order chi connectivity index (χ0) is 19.4. The molecule has 144 valence electrons. The number of hydrogen-bond acceptors (Lipinski definition) is 4. The number of amides is 1. The van der Waals surface area contributed by atoms with Crippen molar-refractivity contribution in [2.24, 2.45) is 0 Å². The van der Waals surface area contributed by atoms with Gasteiger partial charge in [-0.1, -0.05) is 6.07 Å². The molecule has 1 saturated heterocycles. The molecule has 0 saturated carbocycles. The molecule has 6 heteroatoms. The maximum atomic E-state index is 13.4. The summed E-state index contributed by atoms with van der Waals surface area (Å²) < 4.78 is 29.8. The quantitative estimate of drug-likeness (QED) is 0.769. The van der Waals surface area contributed by atoms with Crippen LogP contribution in [0, 0.1) is 5.82 Å². The molecule has 1 aliphatic rings. The summed E-state index contributed by atoms with van der Waals surface area (Å²) in [6.07, 6.45) is 1.01. The number of nitrogens with zero attached hydrogens (tertiary/aromatic N) is 1. The van der Waals surface area contributed by atoms with Gasteiger partial charge in [0.1, 0.15) is 23.1 Å². The van der Waals surface area contributed by atoms with Gasteiger partial charge in [0, 0.05) is 18.2 Å². The third kappa shape index (κ3) is 4.15. The fraction of sp³-hybridized carbons (Fsp3) is 0.381. The molecule has 5 nitrogen and oxygen atoms in total. The predicted molar refractivity (Wildman–Crippen MR) is 99.7 cm³/mol. The number of hydrogen-bond donors (Lipinski definition) is 0. The van der Waals surface area contributed by atoms with Gasteiger partial charge in [-0.15, -0.1) is 0 Å². The molecule has 2 aromatic rings. The van der Waals surface area contributed by atoms with Gasteiger partial charge in [0.25, 0.3) is 5.91 Å². The van der Waals surface area contributed by atoms with Crippen molar-refractivity contribution in [2.45, 2.75) is 31.9 Å². The number of ether oxygens (including phenoxy) is 3. The molecule has 1 amide bonds. The molecule has 0 spiro atoms. The second-order valence-electron chi connectivity index (χ2n) is 6.51. The maximum absolute atomic E-state index is 13.4. The Labute approximate surface area is 158 Å². The lowest BCUT2D eigenvalue weighted by atomic mass is 10.0. The molecule has 1 heterocycles. The highest BCUT2D eigenvalue weighted by Gasteiger charge is 2.35. The molecule has 0 unspecified atom stereocenters. The van der Waals surface area contributed by atoms with E-state index in [9.17, 15) is 9.18 Å². The van der Waals surface area contributed by atoms with Crippen LogP contribution in [0.25, 0.3) is 0 Å². The highest BCUT2D eigenvalue weighted by Crippen LogP contribution is 2.39. The smallest absolute Gasteiger partial charge is 0.263 e. The van der Waals surface area contributed by atoms with Gasteiger partial charge in [0.2, 0.25) is 0 Å².